The zero-order valence-corrected chi connectivity index (χ0v) is 12.9. The van der Waals surface area contributed by atoms with Gasteiger partial charge in [0.2, 0.25) is 0 Å². The molecule has 0 saturated heterocycles. The highest BCUT2D eigenvalue weighted by Gasteiger charge is 2.07. The van der Waals surface area contributed by atoms with Crippen LogP contribution in [0.4, 0.5) is 5.69 Å². The van der Waals surface area contributed by atoms with Crippen LogP contribution in [0.5, 0.6) is 5.75 Å². The average molecular weight is 299 g/mol. The van der Waals surface area contributed by atoms with Gasteiger partial charge >= 0.3 is 5.97 Å². The summed E-state index contributed by atoms with van der Waals surface area (Å²) in [6.07, 6.45) is 0.793. The van der Waals surface area contributed by atoms with E-state index >= 15 is 0 Å². The molecule has 0 bridgehead atoms. The van der Waals surface area contributed by atoms with Crippen LogP contribution >= 0.6 is 0 Å². The van der Waals surface area contributed by atoms with Gasteiger partial charge < -0.3 is 15.2 Å². The molecule has 0 heterocycles. The highest BCUT2D eigenvalue weighted by atomic mass is 16.5. The first-order valence-corrected chi connectivity index (χ1v) is 7.34. The number of aromatic carboxylic acids is 1. The number of anilines is 1. The summed E-state index contributed by atoms with van der Waals surface area (Å²) in [5.74, 6) is -0.0523. The molecule has 0 radical (unpaired) electrons. The molecule has 116 valence electrons. The van der Waals surface area contributed by atoms with E-state index in [9.17, 15) is 4.79 Å². The molecule has 0 atom stereocenters. The molecule has 0 amide bonds. The van der Waals surface area contributed by atoms with Gasteiger partial charge in [-0.15, -0.1) is 0 Å². The molecule has 2 N–H and O–H groups in total. The Balaban J connectivity index is 1.78. The van der Waals surface area contributed by atoms with Crippen molar-refractivity contribution in [3.63, 3.8) is 0 Å². The maximum atomic E-state index is 11.1. The van der Waals surface area contributed by atoms with Crippen LogP contribution in [0, 0.1) is 13.8 Å². The number of carbonyl (C=O) groups is 1. The highest BCUT2D eigenvalue weighted by Crippen LogP contribution is 2.17. The average Bonchev–Trinajstić information content (AvgIpc) is 2.50. The first kappa shape index (κ1) is 15.9. The number of hydrogen-bond donors (Lipinski definition) is 2. The molecule has 0 spiro atoms. The lowest BCUT2D eigenvalue weighted by molar-refractivity contribution is 0.0698. The fraction of sp³-hybridized carbons (Fsp3) is 0.278. The van der Waals surface area contributed by atoms with Crippen LogP contribution in [0.2, 0.25) is 0 Å². The Labute approximate surface area is 130 Å². The molecule has 0 fully saturated rings. The lowest BCUT2D eigenvalue weighted by Gasteiger charge is -2.11. The summed E-state index contributed by atoms with van der Waals surface area (Å²) in [5.41, 5.74) is 3.39. The second-order valence-electron chi connectivity index (χ2n) is 5.23. The number of benzene rings is 2. The molecular weight excluding hydrogens is 278 g/mol. The molecule has 4 nitrogen and oxygen atoms in total. The van der Waals surface area contributed by atoms with Crippen molar-refractivity contribution < 1.29 is 14.6 Å². The molecule has 2 aromatic carbocycles. The van der Waals surface area contributed by atoms with Gasteiger partial charge in [-0.1, -0.05) is 18.2 Å². The van der Waals surface area contributed by atoms with Gasteiger partial charge in [-0.05, 0) is 55.7 Å². The molecule has 0 aliphatic heterocycles. The fourth-order valence-electron chi connectivity index (χ4n) is 2.11. The molecule has 0 saturated carbocycles. The van der Waals surface area contributed by atoms with Gasteiger partial charge in [-0.3, -0.25) is 0 Å². The Bertz CT molecular complexity index is 653. The predicted octanol–water partition coefficient (Wildman–Crippen LogP) is 3.88. The van der Waals surface area contributed by atoms with Crippen molar-refractivity contribution in [2.75, 3.05) is 18.5 Å². The third kappa shape index (κ3) is 4.25. The number of para-hydroxylation sites is 1. The number of hydrogen-bond acceptors (Lipinski definition) is 3. The van der Waals surface area contributed by atoms with Crippen molar-refractivity contribution >= 4 is 11.7 Å². The van der Waals surface area contributed by atoms with E-state index in [0.29, 0.717) is 18.8 Å². The number of ether oxygens (including phenoxy) is 1. The van der Waals surface area contributed by atoms with Crippen molar-refractivity contribution in [1.82, 2.24) is 0 Å². The SMILES string of the molecule is Cc1ccc(OCCCNc2ccccc2C(=O)O)cc1C. The molecule has 2 aromatic rings. The molecule has 4 heteroatoms. The largest absolute Gasteiger partial charge is 0.494 e. The number of nitrogens with one attached hydrogen (secondary N) is 1. The van der Waals surface area contributed by atoms with Crippen LogP contribution in [0.15, 0.2) is 42.5 Å². The molecule has 2 rings (SSSR count). The second-order valence-corrected chi connectivity index (χ2v) is 5.23. The predicted molar refractivity (Wildman–Crippen MR) is 87.9 cm³/mol. The van der Waals surface area contributed by atoms with Gasteiger partial charge in [0, 0.05) is 12.2 Å². The summed E-state index contributed by atoms with van der Waals surface area (Å²) in [7, 11) is 0. The van der Waals surface area contributed by atoms with E-state index in [1.54, 1.807) is 18.2 Å². The van der Waals surface area contributed by atoms with E-state index < -0.39 is 5.97 Å². The van der Waals surface area contributed by atoms with Gasteiger partial charge in [-0.2, -0.15) is 0 Å². The Morgan fingerprint density at radius 1 is 1.14 bits per heavy atom. The summed E-state index contributed by atoms with van der Waals surface area (Å²) in [4.78, 5) is 11.1. The summed E-state index contributed by atoms with van der Waals surface area (Å²) in [6, 6.07) is 13.0. The minimum absolute atomic E-state index is 0.289. The molecule has 22 heavy (non-hydrogen) atoms. The molecule has 0 aliphatic rings. The lowest BCUT2D eigenvalue weighted by Crippen LogP contribution is -2.10. The lowest BCUT2D eigenvalue weighted by atomic mass is 10.1. The number of rotatable bonds is 7. The minimum atomic E-state index is -0.922. The topological polar surface area (TPSA) is 58.6 Å². The summed E-state index contributed by atoms with van der Waals surface area (Å²) < 4.78 is 5.70. The third-order valence-electron chi connectivity index (χ3n) is 3.54. The Morgan fingerprint density at radius 3 is 2.64 bits per heavy atom. The molecule has 0 aromatic heterocycles. The zero-order chi connectivity index (χ0) is 15.9. The summed E-state index contributed by atoms with van der Waals surface area (Å²) in [6.45, 7) is 5.38. The normalized spacial score (nSPS) is 10.3. The summed E-state index contributed by atoms with van der Waals surface area (Å²) in [5, 5.41) is 12.2. The van der Waals surface area contributed by atoms with Crippen LogP contribution < -0.4 is 10.1 Å². The Morgan fingerprint density at radius 2 is 1.91 bits per heavy atom. The fourth-order valence-corrected chi connectivity index (χ4v) is 2.11. The maximum Gasteiger partial charge on any atom is 0.337 e. The number of carboxylic acid groups (broad SMARTS) is 1. The number of aryl methyl sites for hydroxylation is 2. The molecule has 0 unspecified atom stereocenters. The van der Waals surface area contributed by atoms with E-state index in [4.69, 9.17) is 9.84 Å². The third-order valence-corrected chi connectivity index (χ3v) is 3.54. The van der Waals surface area contributed by atoms with Crippen LogP contribution in [0.3, 0.4) is 0 Å². The molecular formula is C18H21NO3. The monoisotopic (exact) mass is 299 g/mol. The van der Waals surface area contributed by atoms with Crippen molar-refractivity contribution in [1.29, 1.82) is 0 Å². The van der Waals surface area contributed by atoms with Crippen LogP contribution in [-0.2, 0) is 0 Å². The van der Waals surface area contributed by atoms with E-state index in [0.717, 1.165) is 12.2 Å². The van der Waals surface area contributed by atoms with E-state index in [1.165, 1.54) is 11.1 Å². The van der Waals surface area contributed by atoms with Gasteiger partial charge in [0.05, 0.1) is 12.2 Å². The minimum Gasteiger partial charge on any atom is -0.494 e. The standard InChI is InChI=1S/C18H21NO3/c1-13-8-9-15(12-14(13)2)22-11-5-10-19-17-7-4-3-6-16(17)18(20)21/h3-4,6-9,12,19H,5,10-11H2,1-2H3,(H,20,21). The van der Waals surface area contributed by atoms with Crippen molar-refractivity contribution in [2.24, 2.45) is 0 Å². The van der Waals surface area contributed by atoms with Crippen LogP contribution in [0.25, 0.3) is 0 Å². The quantitative estimate of drug-likeness (QED) is 0.762. The second kappa shape index (κ2) is 7.50. The zero-order valence-electron chi connectivity index (χ0n) is 12.9. The van der Waals surface area contributed by atoms with Gasteiger partial charge in [-0.25, -0.2) is 4.79 Å². The van der Waals surface area contributed by atoms with Crippen molar-refractivity contribution in [2.45, 2.75) is 20.3 Å². The first-order chi connectivity index (χ1) is 10.6. The van der Waals surface area contributed by atoms with Crippen LogP contribution in [0.1, 0.15) is 27.9 Å². The van der Waals surface area contributed by atoms with Gasteiger partial charge in [0.25, 0.3) is 0 Å². The van der Waals surface area contributed by atoms with Crippen molar-refractivity contribution in [3.8, 4) is 5.75 Å². The van der Waals surface area contributed by atoms with E-state index in [-0.39, 0.29) is 5.56 Å². The first-order valence-electron chi connectivity index (χ1n) is 7.34. The van der Waals surface area contributed by atoms with Gasteiger partial charge in [0.1, 0.15) is 5.75 Å². The van der Waals surface area contributed by atoms with Crippen molar-refractivity contribution in [3.05, 3.63) is 59.2 Å². The summed E-state index contributed by atoms with van der Waals surface area (Å²) >= 11 is 0. The smallest absolute Gasteiger partial charge is 0.337 e. The van der Waals surface area contributed by atoms with E-state index in [1.807, 2.05) is 24.3 Å². The molecule has 0 aliphatic carbocycles. The van der Waals surface area contributed by atoms with Crippen LogP contribution in [-0.4, -0.2) is 24.2 Å². The Hall–Kier alpha value is -2.49. The van der Waals surface area contributed by atoms with E-state index in [2.05, 4.69) is 19.2 Å². The maximum absolute atomic E-state index is 11.1. The highest BCUT2D eigenvalue weighted by molar-refractivity contribution is 5.94. The number of carboxylic acids is 1. The van der Waals surface area contributed by atoms with Gasteiger partial charge in [0.15, 0.2) is 0 Å². The Kier molecular flexibility index (Phi) is 5.42.